The summed E-state index contributed by atoms with van der Waals surface area (Å²) in [5, 5.41) is 3.32. The molecule has 0 aromatic carbocycles. The van der Waals surface area contributed by atoms with Crippen LogP contribution >= 0.6 is 0 Å². The van der Waals surface area contributed by atoms with Gasteiger partial charge in [0.25, 0.3) is 0 Å². The third-order valence-electron chi connectivity index (χ3n) is 2.72. The van der Waals surface area contributed by atoms with E-state index in [1.165, 1.54) is 0 Å². The first kappa shape index (κ1) is 10.4. The van der Waals surface area contributed by atoms with Gasteiger partial charge in [0.15, 0.2) is 0 Å². The maximum absolute atomic E-state index is 5.85. The zero-order valence-corrected chi connectivity index (χ0v) is 9.20. The molecule has 0 spiro atoms. The van der Waals surface area contributed by atoms with Crippen LogP contribution < -0.4 is 10.1 Å². The molecule has 15 heavy (non-hydrogen) atoms. The van der Waals surface area contributed by atoms with Crippen LogP contribution in [0.4, 0.5) is 0 Å². The van der Waals surface area contributed by atoms with Crippen molar-refractivity contribution >= 4 is 0 Å². The standard InChI is InChI=1S/C12H18N2O/c1-2-10-4-3-5-12(14-10)15-11-6-8-13-9-7-11/h3-5,11,13H,2,6-9H2,1H3. The van der Waals surface area contributed by atoms with Crippen molar-refractivity contribution in [3.8, 4) is 5.88 Å². The molecule has 3 heteroatoms. The normalized spacial score (nSPS) is 17.7. The van der Waals surface area contributed by atoms with Crippen molar-refractivity contribution in [3.05, 3.63) is 23.9 Å². The molecule has 1 N–H and O–H groups in total. The highest BCUT2D eigenvalue weighted by atomic mass is 16.5. The molecule has 82 valence electrons. The van der Waals surface area contributed by atoms with Crippen LogP contribution in [-0.4, -0.2) is 24.2 Å². The van der Waals surface area contributed by atoms with Crippen LogP contribution in [0.5, 0.6) is 5.88 Å². The first-order valence-electron chi connectivity index (χ1n) is 5.72. The van der Waals surface area contributed by atoms with E-state index in [9.17, 15) is 0 Å². The van der Waals surface area contributed by atoms with Crippen molar-refractivity contribution in [2.75, 3.05) is 13.1 Å². The molecule has 1 aromatic heterocycles. The van der Waals surface area contributed by atoms with Crippen molar-refractivity contribution in [3.63, 3.8) is 0 Å². The van der Waals surface area contributed by atoms with E-state index in [1.54, 1.807) is 0 Å². The molecule has 1 fully saturated rings. The van der Waals surface area contributed by atoms with Gasteiger partial charge < -0.3 is 10.1 Å². The number of nitrogens with zero attached hydrogens (tertiary/aromatic N) is 1. The monoisotopic (exact) mass is 206 g/mol. The van der Waals surface area contributed by atoms with Gasteiger partial charge in [0.05, 0.1) is 0 Å². The molecule has 0 amide bonds. The molecule has 1 saturated heterocycles. The number of rotatable bonds is 3. The highest BCUT2D eigenvalue weighted by molar-refractivity contribution is 5.16. The minimum Gasteiger partial charge on any atom is -0.474 e. The van der Waals surface area contributed by atoms with Gasteiger partial charge in [0.2, 0.25) is 5.88 Å². The number of ether oxygens (including phenoxy) is 1. The number of nitrogens with one attached hydrogen (secondary N) is 1. The molecule has 1 aliphatic heterocycles. The Bertz CT molecular complexity index is 308. The summed E-state index contributed by atoms with van der Waals surface area (Å²) >= 11 is 0. The van der Waals surface area contributed by atoms with Gasteiger partial charge in [-0.05, 0) is 38.4 Å². The Morgan fingerprint density at radius 1 is 1.40 bits per heavy atom. The summed E-state index contributed by atoms with van der Waals surface area (Å²) < 4.78 is 5.85. The average Bonchev–Trinajstić information content (AvgIpc) is 2.31. The molecule has 0 radical (unpaired) electrons. The predicted octanol–water partition coefficient (Wildman–Crippen LogP) is 1.77. The Morgan fingerprint density at radius 3 is 2.93 bits per heavy atom. The van der Waals surface area contributed by atoms with Crippen molar-refractivity contribution in [2.24, 2.45) is 0 Å². The third kappa shape index (κ3) is 2.93. The van der Waals surface area contributed by atoms with E-state index in [1.807, 2.05) is 18.2 Å². The quantitative estimate of drug-likeness (QED) is 0.818. The Balaban J connectivity index is 1.96. The van der Waals surface area contributed by atoms with Gasteiger partial charge in [-0.15, -0.1) is 0 Å². The van der Waals surface area contributed by atoms with E-state index in [2.05, 4.69) is 17.2 Å². The Kier molecular flexibility index (Phi) is 3.56. The van der Waals surface area contributed by atoms with Crippen LogP contribution in [0.3, 0.4) is 0 Å². The van der Waals surface area contributed by atoms with Crippen LogP contribution in [0.2, 0.25) is 0 Å². The van der Waals surface area contributed by atoms with E-state index >= 15 is 0 Å². The fourth-order valence-corrected chi connectivity index (χ4v) is 1.80. The Hall–Kier alpha value is -1.09. The molecule has 1 aliphatic rings. The van der Waals surface area contributed by atoms with Gasteiger partial charge in [-0.3, -0.25) is 0 Å². The number of hydrogen-bond acceptors (Lipinski definition) is 3. The maximum atomic E-state index is 5.85. The highest BCUT2D eigenvalue weighted by Gasteiger charge is 2.14. The van der Waals surface area contributed by atoms with Crippen LogP contribution in [0.1, 0.15) is 25.5 Å². The topological polar surface area (TPSA) is 34.1 Å². The lowest BCUT2D eigenvalue weighted by Gasteiger charge is -2.23. The van der Waals surface area contributed by atoms with Crippen molar-refractivity contribution in [1.29, 1.82) is 0 Å². The van der Waals surface area contributed by atoms with Gasteiger partial charge in [-0.1, -0.05) is 13.0 Å². The zero-order chi connectivity index (χ0) is 10.5. The SMILES string of the molecule is CCc1cccc(OC2CCNCC2)n1. The molecule has 3 nitrogen and oxygen atoms in total. The number of aryl methyl sites for hydroxylation is 1. The summed E-state index contributed by atoms with van der Waals surface area (Å²) in [6, 6.07) is 6.00. The predicted molar refractivity (Wildman–Crippen MR) is 60.1 cm³/mol. The minimum absolute atomic E-state index is 0.339. The van der Waals surface area contributed by atoms with Gasteiger partial charge in [0, 0.05) is 11.8 Å². The number of pyridine rings is 1. The molecule has 0 saturated carbocycles. The second-order valence-corrected chi connectivity index (χ2v) is 3.89. The van der Waals surface area contributed by atoms with Gasteiger partial charge >= 0.3 is 0 Å². The van der Waals surface area contributed by atoms with Crippen LogP contribution in [0, 0.1) is 0 Å². The molecule has 0 unspecified atom stereocenters. The fourth-order valence-electron chi connectivity index (χ4n) is 1.80. The van der Waals surface area contributed by atoms with Crippen molar-refractivity contribution < 1.29 is 4.74 Å². The van der Waals surface area contributed by atoms with Gasteiger partial charge in [0.1, 0.15) is 6.10 Å². The molecule has 0 aliphatic carbocycles. The number of piperidine rings is 1. The number of hydrogen-bond donors (Lipinski definition) is 1. The van der Waals surface area contributed by atoms with E-state index in [0.717, 1.165) is 43.9 Å². The van der Waals surface area contributed by atoms with Crippen molar-refractivity contribution in [1.82, 2.24) is 10.3 Å². The summed E-state index contributed by atoms with van der Waals surface area (Å²) in [4.78, 5) is 4.44. The minimum atomic E-state index is 0.339. The third-order valence-corrected chi connectivity index (χ3v) is 2.72. The second-order valence-electron chi connectivity index (χ2n) is 3.89. The molecule has 2 rings (SSSR count). The lowest BCUT2D eigenvalue weighted by atomic mass is 10.1. The molecule has 2 heterocycles. The van der Waals surface area contributed by atoms with Crippen LogP contribution in [-0.2, 0) is 6.42 Å². The summed E-state index contributed by atoms with van der Waals surface area (Å²) in [6.45, 7) is 4.22. The molecule has 1 aromatic rings. The Morgan fingerprint density at radius 2 is 2.20 bits per heavy atom. The Labute approximate surface area is 90.9 Å². The number of aromatic nitrogens is 1. The molecule has 0 atom stereocenters. The first-order chi connectivity index (χ1) is 7.38. The van der Waals surface area contributed by atoms with Crippen LogP contribution in [0.25, 0.3) is 0 Å². The van der Waals surface area contributed by atoms with Crippen LogP contribution in [0.15, 0.2) is 18.2 Å². The summed E-state index contributed by atoms with van der Waals surface area (Å²) in [7, 11) is 0. The average molecular weight is 206 g/mol. The van der Waals surface area contributed by atoms with E-state index in [0.29, 0.717) is 6.10 Å². The molecular weight excluding hydrogens is 188 g/mol. The smallest absolute Gasteiger partial charge is 0.213 e. The lowest BCUT2D eigenvalue weighted by molar-refractivity contribution is 0.155. The maximum Gasteiger partial charge on any atom is 0.213 e. The highest BCUT2D eigenvalue weighted by Crippen LogP contribution is 2.14. The fraction of sp³-hybridized carbons (Fsp3) is 0.583. The first-order valence-corrected chi connectivity index (χ1v) is 5.72. The van der Waals surface area contributed by atoms with E-state index in [-0.39, 0.29) is 0 Å². The summed E-state index contributed by atoms with van der Waals surface area (Å²) in [5.41, 5.74) is 1.10. The van der Waals surface area contributed by atoms with E-state index < -0.39 is 0 Å². The molecule has 0 bridgehead atoms. The van der Waals surface area contributed by atoms with Gasteiger partial charge in [-0.25, -0.2) is 4.98 Å². The largest absolute Gasteiger partial charge is 0.474 e. The summed E-state index contributed by atoms with van der Waals surface area (Å²) in [6.07, 6.45) is 3.46. The lowest BCUT2D eigenvalue weighted by Crippen LogP contribution is -2.34. The van der Waals surface area contributed by atoms with Crippen molar-refractivity contribution in [2.45, 2.75) is 32.3 Å². The second kappa shape index (κ2) is 5.12. The van der Waals surface area contributed by atoms with E-state index in [4.69, 9.17) is 4.74 Å². The zero-order valence-electron chi connectivity index (χ0n) is 9.20. The summed E-state index contributed by atoms with van der Waals surface area (Å²) in [5.74, 6) is 0.779. The van der Waals surface area contributed by atoms with Gasteiger partial charge in [-0.2, -0.15) is 0 Å². The molecular formula is C12H18N2O.